The lowest BCUT2D eigenvalue weighted by molar-refractivity contribution is -0.379. The molecule has 0 aromatic rings. The van der Waals surface area contributed by atoms with Gasteiger partial charge in [0.2, 0.25) is 5.91 Å². The van der Waals surface area contributed by atoms with Gasteiger partial charge in [0.15, 0.2) is 18.9 Å². The van der Waals surface area contributed by atoms with E-state index >= 15 is 0 Å². The van der Waals surface area contributed by atoms with E-state index in [-0.39, 0.29) is 18.9 Å². The number of unbranched alkanes of at least 4 members (excludes halogenated alkanes) is 26. The predicted octanol–water partition coefficient (Wildman–Crippen LogP) is 5.93. The molecule has 79 heavy (non-hydrogen) atoms. The zero-order valence-electron chi connectivity index (χ0n) is 48.4. The largest absolute Gasteiger partial charge is 0.394 e. The van der Waals surface area contributed by atoms with Crippen LogP contribution in [0.25, 0.3) is 0 Å². The molecule has 0 saturated carbocycles. The molecule has 3 heterocycles. The summed E-state index contributed by atoms with van der Waals surface area (Å²) in [5, 5.41) is 120. The molecule has 19 nitrogen and oxygen atoms in total. The van der Waals surface area contributed by atoms with Gasteiger partial charge in [0.1, 0.15) is 73.2 Å². The number of hydrogen-bond donors (Lipinski definition) is 12. The Morgan fingerprint density at radius 3 is 1.34 bits per heavy atom. The van der Waals surface area contributed by atoms with Crippen LogP contribution in [0.3, 0.4) is 0 Å². The molecule has 0 aliphatic carbocycles. The van der Waals surface area contributed by atoms with E-state index in [0.717, 1.165) is 77.0 Å². The molecule has 0 aromatic heterocycles. The Hall–Kier alpha value is -1.73. The molecular formula is C60H111NO18. The Labute approximate surface area is 473 Å². The molecule has 3 fully saturated rings. The number of amides is 1. The second-order valence-corrected chi connectivity index (χ2v) is 22.5. The zero-order chi connectivity index (χ0) is 57.6. The minimum atomic E-state index is -1.97. The van der Waals surface area contributed by atoms with Crippen molar-refractivity contribution in [1.82, 2.24) is 5.32 Å². The van der Waals surface area contributed by atoms with E-state index < -0.39 is 124 Å². The second-order valence-electron chi connectivity index (χ2n) is 22.5. The summed E-state index contributed by atoms with van der Waals surface area (Å²) in [5.41, 5.74) is 0. The second kappa shape index (κ2) is 43.8. The van der Waals surface area contributed by atoms with Crippen molar-refractivity contribution in [2.45, 2.75) is 324 Å². The summed E-state index contributed by atoms with van der Waals surface area (Å²) in [7, 11) is 0. The average Bonchev–Trinajstić information content (AvgIpc) is 3.55. The highest BCUT2D eigenvalue weighted by Gasteiger charge is 2.53. The smallest absolute Gasteiger partial charge is 0.220 e. The maximum atomic E-state index is 13.3. The minimum Gasteiger partial charge on any atom is -0.394 e. The number of rotatable bonds is 46. The van der Waals surface area contributed by atoms with E-state index in [9.17, 15) is 61.0 Å². The number of allylic oxidation sites excluding steroid dienone is 4. The predicted molar refractivity (Wildman–Crippen MR) is 300 cm³/mol. The average molecular weight is 1130 g/mol. The molecule has 3 rings (SSSR count). The van der Waals surface area contributed by atoms with E-state index in [4.69, 9.17) is 28.4 Å². The van der Waals surface area contributed by atoms with Crippen LogP contribution >= 0.6 is 0 Å². The van der Waals surface area contributed by atoms with E-state index in [2.05, 4.69) is 43.5 Å². The molecule has 3 saturated heterocycles. The summed E-state index contributed by atoms with van der Waals surface area (Å²) >= 11 is 0. The van der Waals surface area contributed by atoms with Gasteiger partial charge in [-0.25, -0.2) is 0 Å². The van der Waals surface area contributed by atoms with Gasteiger partial charge < -0.3 is 89.9 Å². The van der Waals surface area contributed by atoms with Crippen LogP contribution in [0.15, 0.2) is 24.3 Å². The monoisotopic (exact) mass is 1130 g/mol. The van der Waals surface area contributed by atoms with Gasteiger partial charge in [0.05, 0.1) is 38.6 Å². The Morgan fingerprint density at radius 1 is 0.456 bits per heavy atom. The topological polar surface area (TPSA) is 307 Å². The first-order valence-corrected chi connectivity index (χ1v) is 31.1. The van der Waals surface area contributed by atoms with E-state index in [0.29, 0.717) is 12.8 Å². The highest BCUT2D eigenvalue weighted by molar-refractivity contribution is 5.76. The molecule has 0 bridgehead atoms. The van der Waals surface area contributed by atoms with Crippen molar-refractivity contribution >= 4 is 5.91 Å². The summed E-state index contributed by atoms with van der Waals surface area (Å²) in [5.74, 6) is -0.257. The molecular weight excluding hydrogens is 1020 g/mol. The van der Waals surface area contributed by atoms with Crippen LogP contribution in [0.2, 0.25) is 0 Å². The van der Waals surface area contributed by atoms with Crippen LogP contribution in [0.5, 0.6) is 0 Å². The lowest BCUT2D eigenvalue weighted by atomic mass is 9.96. The third kappa shape index (κ3) is 27.7. The molecule has 0 spiro atoms. The maximum Gasteiger partial charge on any atom is 0.220 e. The molecule has 19 heteroatoms. The van der Waals surface area contributed by atoms with Crippen molar-refractivity contribution in [3.05, 3.63) is 24.3 Å². The van der Waals surface area contributed by atoms with Crippen molar-refractivity contribution in [1.29, 1.82) is 0 Å². The molecule has 464 valence electrons. The lowest BCUT2D eigenvalue weighted by Crippen LogP contribution is -2.66. The molecule has 0 radical (unpaired) electrons. The van der Waals surface area contributed by atoms with Gasteiger partial charge in [-0.1, -0.05) is 199 Å². The van der Waals surface area contributed by atoms with E-state index in [1.165, 1.54) is 109 Å². The normalized spacial score (nSPS) is 30.4. The summed E-state index contributed by atoms with van der Waals surface area (Å²) in [6, 6.07) is -0.892. The number of carbonyl (C=O) groups is 1. The third-order valence-corrected chi connectivity index (χ3v) is 15.8. The lowest BCUT2D eigenvalue weighted by Gasteiger charge is -2.48. The molecule has 3 aliphatic rings. The summed E-state index contributed by atoms with van der Waals surface area (Å²) < 4.78 is 34.3. The Balaban J connectivity index is 1.47. The summed E-state index contributed by atoms with van der Waals surface area (Å²) in [6.07, 6.45) is 18.4. The highest BCUT2D eigenvalue weighted by atomic mass is 16.8. The fourth-order valence-electron chi connectivity index (χ4n) is 10.6. The number of aliphatic hydroxyl groups excluding tert-OH is 11. The third-order valence-electron chi connectivity index (χ3n) is 15.8. The van der Waals surface area contributed by atoms with Crippen LogP contribution in [0.1, 0.15) is 219 Å². The van der Waals surface area contributed by atoms with Gasteiger partial charge >= 0.3 is 0 Å². The first-order valence-electron chi connectivity index (χ1n) is 31.1. The van der Waals surface area contributed by atoms with Gasteiger partial charge in [0, 0.05) is 6.42 Å². The van der Waals surface area contributed by atoms with Crippen molar-refractivity contribution in [2.24, 2.45) is 0 Å². The number of nitrogens with one attached hydrogen (secondary N) is 1. The molecule has 17 atom stereocenters. The highest BCUT2D eigenvalue weighted by Crippen LogP contribution is 2.33. The van der Waals surface area contributed by atoms with Crippen LogP contribution in [0, 0.1) is 0 Å². The van der Waals surface area contributed by atoms with Gasteiger partial charge in [-0.15, -0.1) is 0 Å². The first-order chi connectivity index (χ1) is 38.3. The molecule has 3 aliphatic heterocycles. The fourth-order valence-corrected chi connectivity index (χ4v) is 10.6. The molecule has 0 aromatic carbocycles. The van der Waals surface area contributed by atoms with Crippen LogP contribution in [-0.4, -0.2) is 193 Å². The Bertz CT molecular complexity index is 1540. The standard InChI is InChI=1S/C60H111NO18/c1-3-5-7-9-11-13-15-17-18-19-20-21-22-23-24-26-27-29-31-33-35-37-44(65)43(61-48(66)38-36-34-32-30-28-25-16-14-12-10-8-6-4-2)42-74-58-54(72)51(69)56(46(40-63)76-58)79-60-55(73)52(70)57(47(41-64)77-60)78-59-53(71)50(68)49(67)45(39-62)75-59/h8,10,14,16,43-47,49-60,62-65,67-73H,3-7,9,11-13,15,17-42H2,1-2H3,(H,61,66)/b10-8-,16-14-. The van der Waals surface area contributed by atoms with Crippen molar-refractivity contribution in [2.75, 3.05) is 26.4 Å². The number of carbonyl (C=O) groups excluding carboxylic acids is 1. The first kappa shape index (κ1) is 71.5. The number of ether oxygens (including phenoxy) is 6. The zero-order valence-corrected chi connectivity index (χ0v) is 48.4. The SMILES string of the molecule is CCC/C=C\C/C=C\CCCCCCCC(=O)NC(COC1OC(CO)C(OC2OC(CO)C(OC3OC(CO)C(O)C(O)C3O)C(O)C2O)C(O)C1O)C(O)CCCCCCCCCCCCCCCCCCCCCCC. The van der Waals surface area contributed by atoms with Crippen LogP contribution in [0.4, 0.5) is 0 Å². The fraction of sp³-hybridized carbons (Fsp3) is 0.917. The number of aliphatic hydroxyl groups is 11. The van der Waals surface area contributed by atoms with Crippen LogP contribution in [-0.2, 0) is 33.2 Å². The number of hydrogen-bond acceptors (Lipinski definition) is 18. The van der Waals surface area contributed by atoms with Crippen molar-refractivity contribution in [3.8, 4) is 0 Å². The van der Waals surface area contributed by atoms with E-state index in [1.54, 1.807) is 0 Å². The minimum absolute atomic E-state index is 0.251. The summed E-state index contributed by atoms with van der Waals surface area (Å²) in [4.78, 5) is 13.3. The van der Waals surface area contributed by atoms with Gasteiger partial charge in [-0.3, -0.25) is 4.79 Å². The van der Waals surface area contributed by atoms with Crippen LogP contribution < -0.4 is 5.32 Å². The van der Waals surface area contributed by atoms with Crippen molar-refractivity contribution < 1.29 is 89.4 Å². The maximum absolute atomic E-state index is 13.3. The van der Waals surface area contributed by atoms with Gasteiger partial charge in [-0.05, 0) is 38.5 Å². The molecule has 12 N–H and O–H groups in total. The van der Waals surface area contributed by atoms with Gasteiger partial charge in [0.25, 0.3) is 0 Å². The van der Waals surface area contributed by atoms with Crippen molar-refractivity contribution in [3.63, 3.8) is 0 Å². The van der Waals surface area contributed by atoms with Gasteiger partial charge in [-0.2, -0.15) is 0 Å². The summed E-state index contributed by atoms with van der Waals surface area (Å²) in [6.45, 7) is 1.72. The Kier molecular flexibility index (Phi) is 39.7. The Morgan fingerprint density at radius 2 is 0.861 bits per heavy atom. The molecule has 1 amide bonds. The molecule has 17 unspecified atom stereocenters. The quantitative estimate of drug-likeness (QED) is 0.0248. The van der Waals surface area contributed by atoms with E-state index in [1.807, 2.05) is 0 Å².